The summed E-state index contributed by atoms with van der Waals surface area (Å²) in [5.74, 6) is 0.306. The second-order valence-corrected chi connectivity index (χ2v) is 5.43. The van der Waals surface area contributed by atoms with E-state index in [1.54, 1.807) is 6.08 Å². The lowest BCUT2D eigenvalue weighted by molar-refractivity contribution is -0.392. The highest BCUT2D eigenvalue weighted by Gasteiger charge is 2.17. The Balaban J connectivity index is 1.82. The smallest absolute Gasteiger partial charge is 0.343 e. The molecule has 3 aromatic rings. The third-order valence-corrected chi connectivity index (χ3v) is 3.82. The third kappa shape index (κ3) is 3.81. The van der Waals surface area contributed by atoms with E-state index in [0.29, 0.717) is 5.82 Å². The quantitative estimate of drug-likeness (QED) is 0.551. The van der Waals surface area contributed by atoms with Gasteiger partial charge in [0.05, 0.1) is 6.61 Å². The fraction of sp³-hybridized carbons (Fsp3) is 0.105. The molecule has 0 radical (unpaired) electrons. The normalized spacial score (nSPS) is 11.1. The van der Waals surface area contributed by atoms with Gasteiger partial charge in [-0.3, -0.25) is 0 Å². The van der Waals surface area contributed by atoms with Gasteiger partial charge in [0.25, 0.3) is 0 Å². The molecule has 1 N–H and O–H groups in total. The molecule has 0 unspecified atom stereocenters. The molecular formula is C19H17N3O3. The van der Waals surface area contributed by atoms with E-state index in [0.717, 1.165) is 16.7 Å². The van der Waals surface area contributed by atoms with Crippen LogP contribution in [0.3, 0.4) is 0 Å². The van der Waals surface area contributed by atoms with E-state index in [2.05, 4.69) is 17.1 Å². The Morgan fingerprint density at radius 2 is 1.72 bits per heavy atom. The summed E-state index contributed by atoms with van der Waals surface area (Å²) in [5, 5.41) is 20.1. The van der Waals surface area contributed by atoms with Crippen molar-refractivity contribution in [2.45, 2.75) is 6.54 Å². The molecule has 6 heteroatoms. The van der Waals surface area contributed by atoms with Crippen LogP contribution in [-0.4, -0.2) is 26.2 Å². The van der Waals surface area contributed by atoms with Gasteiger partial charge < -0.3 is 15.2 Å². The van der Waals surface area contributed by atoms with Crippen LogP contribution in [-0.2, 0) is 6.54 Å². The van der Waals surface area contributed by atoms with Crippen LogP contribution in [0, 0.1) is 10.1 Å². The summed E-state index contributed by atoms with van der Waals surface area (Å²) in [5.41, 5.74) is 3.23. The van der Waals surface area contributed by atoms with Gasteiger partial charge in [-0.25, -0.2) is 9.55 Å². The summed E-state index contributed by atoms with van der Waals surface area (Å²) in [6, 6.07) is 18.1. The summed E-state index contributed by atoms with van der Waals surface area (Å²) < 4.78 is 1.38. The van der Waals surface area contributed by atoms with Crippen molar-refractivity contribution in [1.82, 2.24) is 9.55 Å². The van der Waals surface area contributed by atoms with Gasteiger partial charge in [0.2, 0.25) is 5.82 Å². The zero-order chi connectivity index (χ0) is 17.6. The molecule has 6 nitrogen and oxygen atoms in total. The second kappa shape index (κ2) is 7.55. The molecule has 1 aromatic heterocycles. The van der Waals surface area contributed by atoms with Crippen LogP contribution in [0.2, 0.25) is 0 Å². The van der Waals surface area contributed by atoms with Gasteiger partial charge in [-0.15, -0.1) is 0 Å². The topological polar surface area (TPSA) is 81.2 Å². The van der Waals surface area contributed by atoms with Gasteiger partial charge >= 0.3 is 5.82 Å². The molecule has 2 aromatic carbocycles. The van der Waals surface area contributed by atoms with Gasteiger partial charge in [0.1, 0.15) is 12.7 Å². The Labute approximate surface area is 144 Å². The number of rotatable bonds is 6. The van der Waals surface area contributed by atoms with Gasteiger partial charge in [0.15, 0.2) is 0 Å². The average molecular weight is 335 g/mol. The number of benzene rings is 2. The summed E-state index contributed by atoms with van der Waals surface area (Å²) in [7, 11) is 0. The number of imidazole rings is 1. The Hall–Kier alpha value is -3.25. The molecule has 0 spiro atoms. The molecule has 0 saturated heterocycles. The minimum Gasteiger partial charge on any atom is -0.392 e. The number of aliphatic hydroxyl groups excluding tert-OH is 1. The number of hydrogen-bond donors (Lipinski definition) is 1. The summed E-state index contributed by atoms with van der Waals surface area (Å²) in [6.07, 6.45) is 4.75. The molecule has 126 valence electrons. The van der Waals surface area contributed by atoms with E-state index in [1.807, 2.05) is 48.5 Å². The SMILES string of the molecule is O=[N+]([O-])c1cnc(/C=C/c2ccc(-c3ccccc3)cc2)n1CCO. The first kappa shape index (κ1) is 16.6. The van der Waals surface area contributed by atoms with Crippen molar-refractivity contribution < 1.29 is 10.0 Å². The maximum atomic E-state index is 11.0. The van der Waals surface area contributed by atoms with Gasteiger partial charge in [-0.05, 0) is 27.7 Å². The highest BCUT2D eigenvalue weighted by molar-refractivity contribution is 5.70. The molecule has 1 heterocycles. The highest BCUT2D eigenvalue weighted by Crippen LogP contribution is 2.21. The molecule has 25 heavy (non-hydrogen) atoms. The van der Waals surface area contributed by atoms with Crippen molar-refractivity contribution >= 4 is 18.0 Å². The van der Waals surface area contributed by atoms with Gasteiger partial charge in [-0.2, -0.15) is 0 Å². The molecule has 0 amide bonds. The van der Waals surface area contributed by atoms with Gasteiger partial charge in [-0.1, -0.05) is 54.6 Å². The molecule has 0 aliphatic rings. The number of aromatic nitrogens is 2. The summed E-state index contributed by atoms with van der Waals surface area (Å²) in [6.45, 7) is -0.0628. The first-order valence-electron chi connectivity index (χ1n) is 7.83. The Kier molecular flexibility index (Phi) is 5.01. The molecule has 0 bridgehead atoms. The highest BCUT2D eigenvalue weighted by atomic mass is 16.6. The lowest BCUT2D eigenvalue weighted by atomic mass is 10.0. The molecule has 0 atom stereocenters. The largest absolute Gasteiger partial charge is 0.392 e. The number of hydrogen-bond acceptors (Lipinski definition) is 4. The molecule has 0 saturated carbocycles. The van der Waals surface area contributed by atoms with Crippen LogP contribution in [0.1, 0.15) is 11.4 Å². The summed E-state index contributed by atoms with van der Waals surface area (Å²) in [4.78, 5) is 14.5. The number of nitrogens with zero attached hydrogens (tertiary/aromatic N) is 3. The molecule has 3 rings (SSSR count). The monoisotopic (exact) mass is 335 g/mol. The minimum atomic E-state index is -0.505. The van der Waals surface area contributed by atoms with E-state index in [1.165, 1.54) is 10.8 Å². The van der Waals surface area contributed by atoms with Crippen LogP contribution in [0.15, 0.2) is 60.8 Å². The van der Waals surface area contributed by atoms with Crippen molar-refractivity contribution in [2.75, 3.05) is 6.61 Å². The zero-order valence-electron chi connectivity index (χ0n) is 13.4. The standard InChI is InChI=1S/C19H17N3O3/c23-13-12-21-18(20-14-19(21)22(24)25)11-8-15-6-9-17(10-7-15)16-4-2-1-3-5-16/h1-11,14,23H,12-13H2/b11-8+. The van der Waals surface area contributed by atoms with Crippen LogP contribution >= 0.6 is 0 Å². The van der Waals surface area contributed by atoms with Crippen molar-refractivity contribution in [3.05, 3.63) is 82.3 Å². The Morgan fingerprint density at radius 1 is 1.04 bits per heavy atom. The van der Waals surface area contributed by atoms with Gasteiger partial charge in [0, 0.05) is 6.08 Å². The predicted molar refractivity (Wildman–Crippen MR) is 96.8 cm³/mol. The maximum absolute atomic E-state index is 11.0. The zero-order valence-corrected chi connectivity index (χ0v) is 13.4. The van der Waals surface area contributed by atoms with Crippen LogP contribution < -0.4 is 0 Å². The molecule has 0 aliphatic heterocycles. The first-order valence-corrected chi connectivity index (χ1v) is 7.83. The average Bonchev–Trinajstić information content (AvgIpc) is 3.04. The third-order valence-electron chi connectivity index (χ3n) is 3.82. The van der Waals surface area contributed by atoms with E-state index in [9.17, 15) is 10.1 Å². The van der Waals surface area contributed by atoms with Crippen molar-refractivity contribution in [2.24, 2.45) is 0 Å². The second-order valence-electron chi connectivity index (χ2n) is 5.43. The fourth-order valence-corrected chi connectivity index (χ4v) is 2.58. The minimum absolute atomic E-state index is 0.128. The van der Waals surface area contributed by atoms with E-state index >= 15 is 0 Å². The van der Waals surface area contributed by atoms with Crippen molar-refractivity contribution in [1.29, 1.82) is 0 Å². The van der Waals surface area contributed by atoms with Crippen LogP contribution in [0.5, 0.6) is 0 Å². The first-order chi connectivity index (χ1) is 12.2. The fourth-order valence-electron chi connectivity index (χ4n) is 2.58. The molecule has 0 aliphatic carbocycles. The maximum Gasteiger partial charge on any atom is 0.343 e. The summed E-state index contributed by atoms with van der Waals surface area (Å²) >= 11 is 0. The van der Waals surface area contributed by atoms with E-state index < -0.39 is 4.92 Å². The Bertz CT molecular complexity index is 884. The van der Waals surface area contributed by atoms with E-state index in [-0.39, 0.29) is 19.0 Å². The van der Waals surface area contributed by atoms with Crippen molar-refractivity contribution in [3.8, 4) is 11.1 Å². The van der Waals surface area contributed by atoms with E-state index in [4.69, 9.17) is 5.11 Å². The Morgan fingerprint density at radius 3 is 2.36 bits per heavy atom. The lowest BCUT2D eigenvalue weighted by Crippen LogP contribution is -2.07. The van der Waals surface area contributed by atoms with Crippen LogP contribution in [0.25, 0.3) is 23.3 Å². The van der Waals surface area contributed by atoms with Crippen LogP contribution in [0.4, 0.5) is 5.82 Å². The molecular weight excluding hydrogens is 318 g/mol. The number of nitro groups is 1. The predicted octanol–water partition coefficient (Wildman–Crippen LogP) is 3.62. The molecule has 0 fully saturated rings. The number of aliphatic hydroxyl groups is 1. The lowest BCUT2D eigenvalue weighted by Gasteiger charge is -2.02. The van der Waals surface area contributed by atoms with Crippen molar-refractivity contribution in [3.63, 3.8) is 0 Å².